The molecule has 1 aromatic rings. The van der Waals surface area contributed by atoms with Gasteiger partial charge in [-0.3, -0.25) is 4.79 Å². The van der Waals surface area contributed by atoms with Crippen LogP contribution in [0.1, 0.15) is 42.5 Å². The number of hydrogen-bond donors (Lipinski definition) is 0. The van der Waals surface area contributed by atoms with Crippen LogP contribution >= 0.6 is 0 Å². The van der Waals surface area contributed by atoms with Crippen LogP contribution in [-0.2, 0) is 0 Å². The van der Waals surface area contributed by atoms with Crippen LogP contribution in [0.2, 0.25) is 0 Å². The van der Waals surface area contributed by atoms with Crippen molar-refractivity contribution in [3.05, 3.63) is 40.3 Å². The number of ketones is 1. The van der Waals surface area contributed by atoms with Gasteiger partial charge in [0.25, 0.3) is 0 Å². The van der Waals surface area contributed by atoms with E-state index in [0.29, 0.717) is 18.0 Å². The molecule has 1 saturated heterocycles. The molecule has 5 heteroatoms. The van der Waals surface area contributed by atoms with Crippen molar-refractivity contribution in [3.63, 3.8) is 0 Å². The zero-order valence-corrected chi connectivity index (χ0v) is 12.8. The minimum atomic E-state index is 0.202. The average molecular weight is 298 g/mol. The highest BCUT2D eigenvalue weighted by Crippen LogP contribution is 2.31. The molecule has 1 aliphatic carbocycles. The molecule has 0 atom stereocenters. The normalized spacial score (nSPS) is 19.6. The first-order valence-corrected chi connectivity index (χ1v) is 8.15. The van der Waals surface area contributed by atoms with Crippen molar-refractivity contribution in [3.8, 4) is 0 Å². The summed E-state index contributed by atoms with van der Waals surface area (Å²) in [4.78, 5) is 17.6. The predicted octanol–water partition coefficient (Wildman–Crippen LogP) is 4.32. The molecular weight excluding hydrogens is 276 g/mol. The second-order valence-corrected chi connectivity index (χ2v) is 6.55. The van der Waals surface area contributed by atoms with Gasteiger partial charge in [-0.05, 0) is 56.1 Å². The maximum atomic E-state index is 12.3. The fraction of sp³-hybridized carbons (Fsp3) is 0.588. The van der Waals surface area contributed by atoms with Crippen LogP contribution in [0.4, 0.5) is 5.69 Å². The fourth-order valence-electron chi connectivity index (χ4n) is 3.18. The smallest absolute Gasteiger partial charge is 0.163 e. The van der Waals surface area contributed by atoms with E-state index in [1.54, 1.807) is 24.3 Å². The van der Waals surface area contributed by atoms with E-state index in [1.165, 1.54) is 19.4 Å². The van der Waals surface area contributed by atoms with Crippen LogP contribution in [0.15, 0.2) is 29.4 Å². The van der Waals surface area contributed by atoms with Gasteiger partial charge in [0.2, 0.25) is 0 Å². The molecule has 2 aliphatic rings. The Bertz CT molecular complexity index is 565. The van der Waals surface area contributed by atoms with Gasteiger partial charge in [-0.2, -0.15) is 0 Å². The van der Waals surface area contributed by atoms with Crippen LogP contribution in [0, 0.1) is 11.8 Å². The SMILES string of the molecule is [N-]=[N+]=Nc1ccc(C(=O)CC2CCN(CC3CC3)CC2)cc1. The van der Waals surface area contributed by atoms with Crippen molar-refractivity contribution in [1.82, 2.24) is 4.90 Å². The molecule has 1 aliphatic heterocycles. The number of nitrogens with zero attached hydrogens (tertiary/aromatic N) is 4. The Morgan fingerprint density at radius 1 is 1.14 bits per heavy atom. The highest BCUT2D eigenvalue weighted by Gasteiger charge is 2.27. The van der Waals surface area contributed by atoms with E-state index in [9.17, 15) is 4.79 Å². The molecule has 0 aromatic heterocycles. The van der Waals surface area contributed by atoms with Gasteiger partial charge in [0, 0.05) is 29.1 Å². The largest absolute Gasteiger partial charge is 0.303 e. The van der Waals surface area contributed by atoms with E-state index in [1.807, 2.05) is 0 Å². The van der Waals surface area contributed by atoms with Gasteiger partial charge in [0.15, 0.2) is 5.78 Å². The van der Waals surface area contributed by atoms with E-state index < -0.39 is 0 Å². The minimum Gasteiger partial charge on any atom is -0.303 e. The highest BCUT2D eigenvalue weighted by molar-refractivity contribution is 5.96. The molecule has 5 nitrogen and oxygen atoms in total. The third kappa shape index (κ3) is 4.09. The van der Waals surface area contributed by atoms with Gasteiger partial charge in [-0.25, -0.2) is 0 Å². The van der Waals surface area contributed by atoms with Gasteiger partial charge in [0.1, 0.15) is 0 Å². The molecule has 0 unspecified atom stereocenters. The summed E-state index contributed by atoms with van der Waals surface area (Å²) in [7, 11) is 0. The Morgan fingerprint density at radius 3 is 2.41 bits per heavy atom. The molecule has 3 rings (SSSR count). The number of likely N-dealkylation sites (tertiary alicyclic amines) is 1. The number of rotatable bonds is 6. The number of azide groups is 1. The Labute approximate surface area is 130 Å². The molecular formula is C17H22N4O. The lowest BCUT2D eigenvalue weighted by molar-refractivity contribution is 0.0926. The van der Waals surface area contributed by atoms with Gasteiger partial charge >= 0.3 is 0 Å². The summed E-state index contributed by atoms with van der Waals surface area (Å²) in [6.07, 6.45) is 5.72. The number of piperidine rings is 1. The fourth-order valence-corrected chi connectivity index (χ4v) is 3.18. The van der Waals surface area contributed by atoms with E-state index in [0.717, 1.165) is 37.4 Å². The Hall–Kier alpha value is -1.84. The molecule has 0 spiro atoms. The van der Waals surface area contributed by atoms with Crippen molar-refractivity contribution < 1.29 is 4.79 Å². The van der Waals surface area contributed by atoms with Crippen LogP contribution in [0.25, 0.3) is 10.4 Å². The van der Waals surface area contributed by atoms with Crippen molar-refractivity contribution in [2.45, 2.75) is 32.1 Å². The van der Waals surface area contributed by atoms with Crippen molar-refractivity contribution in [1.29, 1.82) is 0 Å². The first kappa shape index (κ1) is 15.1. The second kappa shape index (κ2) is 6.95. The minimum absolute atomic E-state index is 0.202. The van der Waals surface area contributed by atoms with Gasteiger partial charge in [0.05, 0.1) is 0 Å². The third-order valence-electron chi connectivity index (χ3n) is 4.74. The number of Topliss-reactive ketones (excluding diaryl/α,β-unsaturated/α-hetero) is 1. The lowest BCUT2D eigenvalue weighted by Gasteiger charge is -2.31. The van der Waals surface area contributed by atoms with Crippen molar-refractivity contribution in [2.24, 2.45) is 17.0 Å². The Kier molecular flexibility index (Phi) is 4.76. The molecule has 0 N–H and O–H groups in total. The highest BCUT2D eigenvalue weighted by atomic mass is 16.1. The lowest BCUT2D eigenvalue weighted by atomic mass is 9.89. The Morgan fingerprint density at radius 2 is 1.82 bits per heavy atom. The first-order valence-electron chi connectivity index (χ1n) is 8.15. The summed E-state index contributed by atoms with van der Waals surface area (Å²) in [6, 6.07) is 6.92. The summed E-state index contributed by atoms with van der Waals surface area (Å²) in [5, 5.41) is 3.52. The summed E-state index contributed by atoms with van der Waals surface area (Å²) >= 11 is 0. The summed E-state index contributed by atoms with van der Waals surface area (Å²) in [5.74, 6) is 1.67. The molecule has 22 heavy (non-hydrogen) atoms. The van der Waals surface area contributed by atoms with E-state index in [-0.39, 0.29) is 5.78 Å². The zero-order valence-electron chi connectivity index (χ0n) is 12.8. The van der Waals surface area contributed by atoms with E-state index >= 15 is 0 Å². The van der Waals surface area contributed by atoms with Gasteiger partial charge in [-0.15, -0.1) is 0 Å². The van der Waals surface area contributed by atoms with E-state index in [2.05, 4.69) is 14.9 Å². The number of hydrogen-bond acceptors (Lipinski definition) is 3. The maximum Gasteiger partial charge on any atom is 0.163 e. The molecule has 0 bridgehead atoms. The van der Waals surface area contributed by atoms with Gasteiger partial charge < -0.3 is 4.90 Å². The van der Waals surface area contributed by atoms with Crippen LogP contribution in [-0.4, -0.2) is 30.3 Å². The summed E-state index contributed by atoms with van der Waals surface area (Å²) in [5.41, 5.74) is 9.65. The van der Waals surface area contributed by atoms with Crippen molar-refractivity contribution in [2.75, 3.05) is 19.6 Å². The standard InChI is InChI=1S/C17H22N4O/c18-20-19-16-5-3-15(4-6-16)17(22)11-13-7-9-21(10-8-13)12-14-1-2-14/h3-6,13-14H,1-2,7-12H2. The molecule has 0 amide bonds. The molecule has 1 saturated carbocycles. The lowest BCUT2D eigenvalue weighted by Crippen LogP contribution is -2.35. The van der Waals surface area contributed by atoms with E-state index in [4.69, 9.17) is 5.53 Å². The topological polar surface area (TPSA) is 69.1 Å². The monoisotopic (exact) mass is 298 g/mol. The molecule has 1 heterocycles. The molecule has 1 aromatic carbocycles. The molecule has 116 valence electrons. The molecule has 0 radical (unpaired) electrons. The predicted molar refractivity (Wildman–Crippen MR) is 86.1 cm³/mol. The van der Waals surface area contributed by atoms with Crippen LogP contribution < -0.4 is 0 Å². The number of benzene rings is 1. The number of carbonyl (C=O) groups excluding carboxylic acids is 1. The second-order valence-electron chi connectivity index (χ2n) is 6.55. The zero-order chi connectivity index (χ0) is 15.4. The van der Waals surface area contributed by atoms with Crippen molar-refractivity contribution >= 4 is 11.5 Å². The first-order chi connectivity index (χ1) is 10.7. The average Bonchev–Trinajstić information content (AvgIpc) is 3.34. The molecule has 2 fully saturated rings. The van der Waals surface area contributed by atoms with Gasteiger partial charge in [-0.1, -0.05) is 29.4 Å². The summed E-state index contributed by atoms with van der Waals surface area (Å²) in [6.45, 7) is 3.55. The number of carbonyl (C=O) groups is 1. The third-order valence-corrected chi connectivity index (χ3v) is 4.74. The maximum absolute atomic E-state index is 12.3. The van der Waals surface area contributed by atoms with Crippen LogP contribution in [0.5, 0.6) is 0 Å². The quantitative estimate of drug-likeness (QED) is 0.339. The van der Waals surface area contributed by atoms with Crippen LogP contribution in [0.3, 0.4) is 0 Å². The summed E-state index contributed by atoms with van der Waals surface area (Å²) < 4.78 is 0. The Balaban J connectivity index is 1.48.